The standard InChI is InChI=1S/C10H10IN5OS/c11-6-3-1-2-4-7(6)13-8(17)5-18-10-14-9(12)15-16-10/h1-4H,5H2,(H,13,17)(H3,12,14,15,16). The topological polar surface area (TPSA) is 96.7 Å². The first-order valence-electron chi connectivity index (χ1n) is 5.00. The van der Waals surface area contributed by atoms with Gasteiger partial charge in [0.2, 0.25) is 17.0 Å². The Balaban J connectivity index is 1.88. The summed E-state index contributed by atoms with van der Waals surface area (Å²) in [6.45, 7) is 0. The van der Waals surface area contributed by atoms with Crippen molar-refractivity contribution in [1.29, 1.82) is 0 Å². The molecule has 8 heteroatoms. The molecule has 0 spiro atoms. The van der Waals surface area contributed by atoms with Gasteiger partial charge in [0.1, 0.15) is 0 Å². The number of thioether (sulfide) groups is 1. The molecule has 6 nitrogen and oxygen atoms in total. The van der Waals surface area contributed by atoms with Crippen LogP contribution in [0.1, 0.15) is 0 Å². The molecule has 1 heterocycles. The molecular formula is C10H10IN5OS. The number of carbonyl (C=O) groups excluding carboxylic acids is 1. The Kier molecular flexibility index (Phi) is 4.42. The van der Waals surface area contributed by atoms with E-state index in [2.05, 4.69) is 43.1 Å². The summed E-state index contributed by atoms with van der Waals surface area (Å²) in [5.74, 6) is 0.380. The van der Waals surface area contributed by atoms with E-state index in [4.69, 9.17) is 5.73 Å². The van der Waals surface area contributed by atoms with Crippen LogP contribution in [0.5, 0.6) is 0 Å². The number of rotatable bonds is 4. The van der Waals surface area contributed by atoms with Gasteiger partial charge in [0, 0.05) is 3.57 Å². The second kappa shape index (κ2) is 6.05. The molecule has 18 heavy (non-hydrogen) atoms. The summed E-state index contributed by atoms with van der Waals surface area (Å²) < 4.78 is 0.996. The highest BCUT2D eigenvalue weighted by molar-refractivity contribution is 14.1. The lowest BCUT2D eigenvalue weighted by atomic mass is 10.3. The van der Waals surface area contributed by atoms with E-state index in [1.165, 1.54) is 11.8 Å². The van der Waals surface area contributed by atoms with Crippen molar-refractivity contribution in [2.24, 2.45) is 0 Å². The first-order valence-corrected chi connectivity index (χ1v) is 7.06. The smallest absolute Gasteiger partial charge is 0.234 e. The molecular weight excluding hydrogens is 365 g/mol. The largest absolute Gasteiger partial charge is 0.368 e. The fraction of sp³-hybridized carbons (Fsp3) is 0.100. The molecule has 2 rings (SSSR count). The van der Waals surface area contributed by atoms with Crippen molar-refractivity contribution in [2.45, 2.75) is 5.16 Å². The van der Waals surface area contributed by atoms with E-state index in [0.29, 0.717) is 5.16 Å². The summed E-state index contributed by atoms with van der Waals surface area (Å²) in [6, 6.07) is 7.58. The first-order chi connectivity index (χ1) is 8.65. The van der Waals surface area contributed by atoms with Crippen LogP contribution in [0.15, 0.2) is 29.4 Å². The molecule has 0 bridgehead atoms. The third kappa shape index (κ3) is 3.60. The number of hydrogen-bond acceptors (Lipinski definition) is 5. The number of hydrogen-bond donors (Lipinski definition) is 3. The van der Waals surface area contributed by atoms with Crippen molar-refractivity contribution in [1.82, 2.24) is 15.2 Å². The maximum Gasteiger partial charge on any atom is 0.234 e. The van der Waals surface area contributed by atoms with Gasteiger partial charge in [-0.2, -0.15) is 4.98 Å². The first kappa shape index (κ1) is 13.1. The highest BCUT2D eigenvalue weighted by Crippen LogP contribution is 2.18. The van der Waals surface area contributed by atoms with Gasteiger partial charge in [0.25, 0.3) is 0 Å². The van der Waals surface area contributed by atoms with Crippen molar-refractivity contribution in [3.63, 3.8) is 0 Å². The normalized spacial score (nSPS) is 10.3. The molecule has 0 saturated heterocycles. The highest BCUT2D eigenvalue weighted by atomic mass is 127. The number of nitrogens with one attached hydrogen (secondary N) is 2. The fourth-order valence-corrected chi connectivity index (χ4v) is 2.33. The summed E-state index contributed by atoms with van der Waals surface area (Å²) in [7, 11) is 0. The average Bonchev–Trinajstić information content (AvgIpc) is 2.76. The summed E-state index contributed by atoms with van der Waals surface area (Å²) in [5, 5.41) is 9.63. The maximum absolute atomic E-state index is 11.7. The molecule has 4 N–H and O–H groups in total. The van der Waals surface area contributed by atoms with Gasteiger partial charge < -0.3 is 11.1 Å². The van der Waals surface area contributed by atoms with Crippen LogP contribution in [0.2, 0.25) is 0 Å². The summed E-state index contributed by atoms with van der Waals surface area (Å²) >= 11 is 3.40. The number of anilines is 2. The monoisotopic (exact) mass is 375 g/mol. The Bertz CT molecular complexity index is 559. The number of para-hydroxylation sites is 1. The number of aromatic nitrogens is 3. The zero-order chi connectivity index (χ0) is 13.0. The number of nitrogens with zero attached hydrogens (tertiary/aromatic N) is 2. The van der Waals surface area contributed by atoms with Crippen LogP contribution in [0.3, 0.4) is 0 Å². The number of aromatic amines is 1. The quantitative estimate of drug-likeness (QED) is 0.559. The van der Waals surface area contributed by atoms with Crippen molar-refractivity contribution in [3.8, 4) is 0 Å². The SMILES string of the molecule is Nc1nc(SCC(=O)Nc2ccccc2I)n[nH]1. The molecule has 0 saturated carbocycles. The molecule has 1 aromatic heterocycles. The Morgan fingerprint density at radius 2 is 2.28 bits per heavy atom. The van der Waals surface area contributed by atoms with Gasteiger partial charge in [0.15, 0.2) is 0 Å². The van der Waals surface area contributed by atoms with Gasteiger partial charge in [-0.05, 0) is 34.7 Å². The zero-order valence-corrected chi connectivity index (χ0v) is 12.2. The molecule has 94 valence electrons. The van der Waals surface area contributed by atoms with E-state index in [1.54, 1.807) is 0 Å². The molecule has 1 aromatic carbocycles. The predicted octanol–water partition coefficient (Wildman–Crippen LogP) is 1.72. The van der Waals surface area contributed by atoms with Gasteiger partial charge in [-0.3, -0.25) is 4.79 Å². The van der Waals surface area contributed by atoms with Crippen molar-refractivity contribution in [3.05, 3.63) is 27.8 Å². The minimum absolute atomic E-state index is 0.104. The van der Waals surface area contributed by atoms with E-state index in [9.17, 15) is 4.79 Å². The van der Waals surface area contributed by atoms with Crippen LogP contribution in [0.4, 0.5) is 11.6 Å². The van der Waals surface area contributed by atoms with Crippen LogP contribution < -0.4 is 11.1 Å². The van der Waals surface area contributed by atoms with E-state index in [-0.39, 0.29) is 17.6 Å². The highest BCUT2D eigenvalue weighted by Gasteiger charge is 2.08. The molecule has 1 amide bonds. The molecule has 0 aliphatic rings. The number of amides is 1. The number of halogens is 1. The number of benzene rings is 1. The van der Waals surface area contributed by atoms with E-state index >= 15 is 0 Å². The van der Waals surface area contributed by atoms with Crippen LogP contribution in [0, 0.1) is 3.57 Å². The molecule has 0 fully saturated rings. The minimum atomic E-state index is -0.104. The Morgan fingerprint density at radius 1 is 1.50 bits per heavy atom. The van der Waals surface area contributed by atoms with Crippen LogP contribution in [0.25, 0.3) is 0 Å². The van der Waals surface area contributed by atoms with Crippen molar-refractivity contribution < 1.29 is 4.79 Å². The van der Waals surface area contributed by atoms with Gasteiger partial charge in [-0.1, -0.05) is 23.9 Å². The number of H-pyrrole nitrogens is 1. The van der Waals surface area contributed by atoms with Crippen LogP contribution in [-0.4, -0.2) is 26.8 Å². The lowest BCUT2D eigenvalue weighted by molar-refractivity contribution is -0.113. The fourth-order valence-electron chi connectivity index (χ4n) is 1.20. The van der Waals surface area contributed by atoms with Crippen molar-refractivity contribution >= 4 is 51.9 Å². The Hall–Kier alpha value is -1.29. The summed E-state index contributed by atoms with van der Waals surface area (Å²) in [6.07, 6.45) is 0. The molecule has 2 aromatic rings. The molecule has 0 aliphatic heterocycles. The van der Waals surface area contributed by atoms with Gasteiger partial charge in [0.05, 0.1) is 11.4 Å². The molecule has 0 aliphatic carbocycles. The van der Waals surface area contributed by atoms with Gasteiger partial charge in [-0.15, -0.1) is 5.10 Å². The summed E-state index contributed by atoms with van der Waals surface area (Å²) in [5.41, 5.74) is 6.19. The van der Waals surface area contributed by atoms with Gasteiger partial charge in [-0.25, -0.2) is 5.10 Å². The summed E-state index contributed by atoms with van der Waals surface area (Å²) in [4.78, 5) is 15.6. The average molecular weight is 375 g/mol. The Labute approximate surface area is 121 Å². The van der Waals surface area contributed by atoms with Crippen LogP contribution >= 0.6 is 34.4 Å². The number of nitrogen functional groups attached to an aromatic ring is 1. The maximum atomic E-state index is 11.7. The molecule has 0 unspecified atom stereocenters. The zero-order valence-electron chi connectivity index (χ0n) is 9.18. The van der Waals surface area contributed by atoms with Gasteiger partial charge >= 0.3 is 0 Å². The van der Waals surface area contributed by atoms with Crippen molar-refractivity contribution in [2.75, 3.05) is 16.8 Å². The third-order valence-corrected chi connectivity index (χ3v) is 3.75. The van der Waals surface area contributed by atoms with E-state index < -0.39 is 0 Å². The lowest BCUT2D eigenvalue weighted by Gasteiger charge is -2.05. The number of nitrogens with two attached hydrogens (primary N) is 1. The van der Waals surface area contributed by atoms with E-state index in [0.717, 1.165) is 9.26 Å². The third-order valence-electron chi connectivity index (χ3n) is 1.96. The van der Waals surface area contributed by atoms with Crippen LogP contribution in [-0.2, 0) is 4.79 Å². The van der Waals surface area contributed by atoms with E-state index in [1.807, 2.05) is 24.3 Å². The lowest BCUT2D eigenvalue weighted by Crippen LogP contribution is -2.14. The predicted molar refractivity (Wildman–Crippen MR) is 79.3 cm³/mol. The molecule has 0 radical (unpaired) electrons. The molecule has 0 atom stereocenters. The second-order valence-corrected chi connectivity index (χ2v) is 5.42. The Morgan fingerprint density at radius 3 is 2.94 bits per heavy atom. The number of carbonyl (C=O) groups is 1. The second-order valence-electron chi connectivity index (χ2n) is 3.32. The minimum Gasteiger partial charge on any atom is -0.368 e.